The van der Waals surface area contributed by atoms with E-state index in [4.69, 9.17) is 20.2 Å². The highest BCUT2D eigenvalue weighted by molar-refractivity contribution is 6.06. The van der Waals surface area contributed by atoms with E-state index in [0.29, 0.717) is 19.0 Å². The number of imidazole rings is 1. The van der Waals surface area contributed by atoms with Crippen molar-refractivity contribution in [3.05, 3.63) is 30.1 Å². The van der Waals surface area contributed by atoms with Crippen molar-refractivity contribution >= 4 is 27.8 Å². The number of aryl methyl sites for hydroxylation is 2. The fraction of sp³-hybridized carbons (Fsp3) is 0.474. The summed E-state index contributed by atoms with van der Waals surface area (Å²) in [5.41, 5.74) is 8.97. The maximum Gasteiger partial charge on any atom is 0.165 e. The van der Waals surface area contributed by atoms with E-state index in [1.807, 2.05) is 25.1 Å². The molecule has 1 aliphatic heterocycles. The monoisotopic (exact) mass is 340 g/mol. The summed E-state index contributed by atoms with van der Waals surface area (Å²) in [7, 11) is 0. The van der Waals surface area contributed by atoms with Gasteiger partial charge in [-0.05, 0) is 19.4 Å². The Balaban J connectivity index is 1.73. The maximum atomic E-state index is 6.18. The molecule has 25 heavy (non-hydrogen) atoms. The zero-order chi connectivity index (χ0) is 17.4. The minimum absolute atomic E-state index is 0.453. The summed E-state index contributed by atoms with van der Waals surface area (Å²) in [6.45, 7) is 6.35. The highest BCUT2D eigenvalue weighted by Gasteiger charge is 2.30. The van der Waals surface area contributed by atoms with E-state index in [-0.39, 0.29) is 0 Å². The molecule has 0 radical (unpaired) electrons. The van der Waals surface area contributed by atoms with Gasteiger partial charge >= 0.3 is 0 Å². The third-order valence-electron chi connectivity index (χ3n) is 4.92. The smallest absolute Gasteiger partial charge is 0.165 e. The number of nitrogens with two attached hydrogens (primary N) is 1. The summed E-state index contributed by atoms with van der Waals surface area (Å²) in [5.74, 6) is 1.08. The number of ether oxygens (including phenoxy) is 2. The maximum absolute atomic E-state index is 6.18. The van der Waals surface area contributed by atoms with Crippen molar-refractivity contribution in [1.82, 2.24) is 14.5 Å². The van der Waals surface area contributed by atoms with Crippen LogP contribution in [0.4, 0.5) is 5.82 Å². The third kappa shape index (κ3) is 2.85. The Morgan fingerprint density at radius 1 is 1.20 bits per heavy atom. The van der Waals surface area contributed by atoms with E-state index >= 15 is 0 Å². The van der Waals surface area contributed by atoms with Crippen LogP contribution in [0.3, 0.4) is 0 Å². The molecule has 6 heteroatoms. The van der Waals surface area contributed by atoms with Gasteiger partial charge in [-0.15, -0.1) is 0 Å². The Labute approximate surface area is 146 Å². The second-order valence-electron chi connectivity index (χ2n) is 6.68. The van der Waals surface area contributed by atoms with Crippen molar-refractivity contribution in [1.29, 1.82) is 0 Å². The van der Waals surface area contributed by atoms with Crippen molar-refractivity contribution in [2.75, 3.05) is 18.9 Å². The molecule has 132 valence electrons. The zero-order valence-electron chi connectivity index (χ0n) is 14.8. The molecule has 4 rings (SSSR count). The molecule has 3 heterocycles. The van der Waals surface area contributed by atoms with Crippen molar-refractivity contribution in [3.63, 3.8) is 0 Å². The van der Waals surface area contributed by atoms with Gasteiger partial charge in [-0.25, -0.2) is 9.97 Å². The lowest BCUT2D eigenvalue weighted by Crippen LogP contribution is -2.25. The molecule has 2 N–H and O–H groups in total. The van der Waals surface area contributed by atoms with E-state index in [1.165, 1.54) is 0 Å². The van der Waals surface area contributed by atoms with Crippen molar-refractivity contribution in [2.45, 2.75) is 45.4 Å². The Morgan fingerprint density at radius 2 is 1.96 bits per heavy atom. The van der Waals surface area contributed by atoms with Crippen LogP contribution in [0.15, 0.2) is 24.3 Å². The van der Waals surface area contributed by atoms with Crippen LogP contribution in [0.1, 0.15) is 32.5 Å². The highest BCUT2D eigenvalue weighted by atomic mass is 16.7. The molecule has 1 saturated heterocycles. The van der Waals surface area contributed by atoms with Gasteiger partial charge in [0.15, 0.2) is 11.6 Å². The van der Waals surface area contributed by atoms with E-state index in [1.54, 1.807) is 0 Å². The van der Waals surface area contributed by atoms with Gasteiger partial charge in [-0.1, -0.05) is 25.1 Å². The number of hydrogen-bond donors (Lipinski definition) is 1. The summed E-state index contributed by atoms with van der Waals surface area (Å²) in [6.07, 6.45) is 2.66. The second kappa shape index (κ2) is 6.28. The largest absolute Gasteiger partial charge is 0.382 e. The quantitative estimate of drug-likeness (QED) is 0.771. The fourth-order valence-electron chi connectivity index (χ4n) is 3.68. The number of benzene rings is 1. The molecule has 2 aromatic heterocycles. The van der Waals surface area contributed by atoms with Crippen LogP contribution < -0.4 is 5.73 Å². The highest BCUT2D eigenvalue weighted by Crippen LogP contribution is 2.30. The molecule has 3 aromatic rings. The zero-order valence-corrected chi connectivity index (χ0v) is 14.8. The number of fused-ring (bicyclic) bond motifs is 3. The van der Waals surface area contributed by atoms with Gasteiger partial charge in [-0.3, -0.25) is 0 Å². The first-order chi connectivity index (χ1) is 12.1. The molecular weight excluding hydrogens is 316 g/mol. The molecule has 1 aromatic carbocycles. The molecule has 6 nitrogen and oxygen atoms in total. The number of para-hydroxylation sites is 1. The average molecular weight is 340 g/mol. The Hall–Kier alpha value is -2.18. The summed E-state index contributed by atoms with van der Waals surface area (Å²) in [4.78, 5) is 9.27. The molecule has 0 unspecified atom stereocenters. The summed E-state index contributed by atoms with van der Waals surface area (Å²) in [6, 6.07) is 8.10. The van der Waals surface area contributed by atoms with Crippen LogP contribution in [0.2, 0.25) is 0 Å². The predicted molar refractivity (Wildman–Crippen MR) is 98.4 cm³/mol. The molecule has 0 amide bonds. The summed E-state index contributed by atoms with van der Waals surface area (Å²) in [5, 5.41) is 1.10. The molecule has 0 bridgehead atoms. The van der Waals surface area contributed by atoms with Gasteiger partial charge in [-0.2, -0.15) is 0 Å². The van der Waals surface area contributed by atoms with E-state index in [0.717, 1.165) is 53.6 Å². The van der Waals surface area contributed by atoms with Crippen LogP contribution in [-0.2, 0) is 22.4 Å². The van der Waals surface area contributed by atoms with Crippen molar-refractivity contribution in [3.8, 4) is 0 Å². The molecule has 0 aliphatic carbocycles. The topological polar surface area (TPSA) is 75.2 Å². The van der Waals surface area contributed by atoms with Crippen LogP contribution in [0, 0.1) is 0 Å². The normalized spacial score (nSPS) is 16.9. The number of hydrogen-bond acceptors (Lipinski definition) is 5. The van der Waals surface area contributed by atoms with E-state index < -0.39 is 5.79 Å². The molecular formula is C19H24N4O2. The van der Waals surface area contributed by atoms with Gasteiger partial charge < -0.3 is 19.8 Å². The Bertz CT molecular complexity index is 913. The minimum Gasteiger partial charge on any atom is -0.382 e. The number of aromatic nitrogens is 3. The van der Waals surface area contributed by atoms with Crippen LogP contribution in [0.5, 0.6) is 0 Å². The Morgan fingerprint density at radius 3 is 2.72 bits per heavy atom. The SMILES string of the molecule is CCc1nc2c(N)nc3ccccc3c2n1CCCC1(C)OCCO1. The lowest BCUT2D eigenvalue weighted by molar-refractivity contribution is -0.147. The first kappa shape index (κ1) is 16.3. The third-order valence-corrected chi connectivity index (χ3v) is 4.92. The lowest BCUT2D eigenvalue weighted by Gasteiger charge is -2.22. The van der Waals surface area contributed by atoms with Gasteiger partial charge in [0.2, 0.25) is 0 Å². The average Bonchev–Trinajstić information content (AvgIpc) is 3.20. The van der Waals surface area contributed by atoms with E-state index in [9.17, 15) is 0 Å². The van der Waals surface area contributed by atoms with Gasteiger partial charge in [0.05, 0.1) is 24.2 Å². The van der Waals surface area contributed by atoms with Crippen LogP contribution in [-0.4, -0.2) is 33.5 Å². The number of pyridine rings is 1. The standard InChI is InChI=1S/C19H24N4O2/c1-3-15-22-16-17(13-7-4-5-8-14(13)21-18(16)20)23(15)10-6-9-19(2)24-11-12-25-19/h4-5,7-8H,3,6,9-12H2,1-2H3,(H2,20,21). The summed E-state index contributed by atoms with van der Waals surface area (Å²) >= 11 is 0. The van der Waals surface area contributed by atoms with Crippen LogP contribution >= 0.6 is 0 Å². The number of rotatable bonds is 5. The lowest BCUT2D eigenvalue weighted by atomic mass is 10.1. The van der Waals surface area contributed by atoms with Gasteiger partial charge in [0, 0.05) is 24.8 Å². The number of nitrogens with zero attached hydrogens (tertiary/aromatic N) is 3. The van der Waals surface area contributed by atoms with Crippen molar-refractivity contribution < 1.29 is 9.47 Å². The van der Waals surface area contributed by atoms with Gasteiger partial charge in [0.1, 0.15) is 11.3 Å². The molecule has 0 spiro atoms. The predicted octanol–water partition coefficient (Wildman–Crippen LogP) is 3.27. The minimum atomic E-state index is -0.453. The molecule has 0 atom stereocenters. The Kier molecular flexibility index (Phi) is 4.09. The molecule has 0 saturated carbocycles. The van der Waals surface area contributed by atoms with Gasteiger partial charge in [0.25, 0.3) is 0 Å². The second-order valence-corrected chi connectivity index (χ2v) is 6.68. The van der Waals surface area contributed by atoms with Crippen LogP contribution in [0.25, 0.3) is 21.9 Å². The first-order valence-electron chi connectivity index (χ1n) is 8.92. The summed E-state index contributed by atoms with van der Waals surface area (Å²) < 4.78 is 13.7. The molecule has 1 aliphatic rings. The van der Waals surface area contributed by atoms with Crippen molar-refractivity contribution in [2.24, 2.45) is 0 Å². The number of anilines is 1. The number of nitrogen functional groups attached to an aromatic ring is 1. The molecule has 1 fully saturated rings. The van der Waals surface area contributed by atoms with E-state index in [2.05, 4.69) is 22.5 Å². The fourth-order valence-corrected chi connectivity index (χ4v) is 3.68. The first-order valence-corrected chi connectivity index (χ1v) is 8.92.